The van der Waals surface area contributed by atoms with E-state index >= 15 is 0 Å². The van der Waals surface area contributed by atoms with Gasteiger partial charge in [-0.05, 0) is 41.7 Å². The summed E-state index contributed by atoms with van der Waals surface area (Å²) in [4.78, 5) is 12.1. The standard InChI is InChI=1S/C17H18N2O/c18-14-8-5-12(6-9-14)11-17(20)19-16-10-7-13-3-1-2-4-15(13)16/h1-6,8-9,16H,7,10-11,18H2,(H,19,20). The Balaban J connectivity index is 1.64. The molecule has 1 amide bonds. The number of anilines is 1. The first-order valence-electron chi connectivity index (χ1n) is 6.94. The van der Waals surface area contributed by atoms with Gasteiger partial charge in [-0.2, -0.15) is 0 Å². The summed E-state index contributed by atoms with van der Waals surface area (Å²) in [5, 5.41) is 3.13. The lowest BCUT2D eigenvalue weighted by atomic mass is 10.1. The predicted molar refractivity (Wildman–Crippen MR) is 80.2 cm³/mol. The SMILES string of the molecule is Nc1ccc(CC(=O)NC2CCc3ccccc32)cc1. The minimum atomic E-state index is 0.0662. The van der Waals surface area contributed by atoms with Crippen molar-refractivity contribution in [1.82, 2.24) is 5.32 Å². The Morgan fingerprint density at radius 1 is 1.15 bits per heavy atom. The van der Waals surface area contributed by atoms with Gasteiger partial charge in [-0.1, -0.05) is 36.4 Å². The number of nitrogens with two attached hydrogens (primary N) is 1. The van der Waals surface area contributed by atoms with Crippen molar-refractivity contribution in [3.05, 3.63) is 65.2 Å². The van der Waals surface area contributed by atoms with E-state index in [2.05, 4.69) is 23.5 Å². The summed E-state index contributed by atoms with van der Waals surface area (Å²) in [6.45, 7) is 0. The predicted octanol–water partition coefficient (Wildman–Crippen LogP) is 2.62. The highest BCUT2D eigenvalue weighted by atomic mass is 16.1. The maximum Gasteiger partial charge on any atom is 0.224 e. The van der Waals surface area contributed by atoms with Crippen molar-refractivity contribution in [1.29, 1.82) is 0 Å². The van der Waals surface area contributed by atoms with E-state index in [1.54, 1.807) is 0 Å². The number of carbonyl (C=O) groups excluding carboxylic acids is 1. The second kappa shape index (κ2) is 5.37. The van der Waals surface area contributed by atoms with Crippen molar-refractivity contribution >= 4 is 11.6 Å². The molecular formula is C17H18N2O. The van der Waals surface area contributed by atoms with Gasteiger partial charge >= 0.3 is 0 Å². The van der Waals surface area contributed by atoms with Crippen LogP contribution in [0.25, 0.3) is 0 Å². The van der Waals surface area contributed by atoms with E-state index < -0.39 is 0 Å². The number of hydrogen-bond donors (Lipinski definition) is 2. The Morgan fingerprint density at radius 3 is 2.70 bits per heavy atom. The monoisotopic (exact) mass is 266 g/mol. The number of aryl methyl sites for hydroxylation is 1. The number of benzene rings is 2. The average Bonchev–Trinajstić information content (AvgIpc) is 2.85. The molecule has 2 aromatic carbocycles. The molecule has 1 unspecified atom stereocenters. The second-order valence-electron chi connectivity index (χ2n) is 5.28. The van der Waals surface area contributed by atoms with Crippen LogP contribution < -0.4 is 11.1 Å². The highest BCUT2D eigenvalue weighted by Gasteiger charge is 2.23. The lowest BCUT2D eigenvalue weighted by Gasteiger charge is -2.14. The van der Waals surface area contributed by atoms with Gasteiger partial charge in [0, 0.05) is 5.69 Å². The number of nitrogens with one attached hydrogen (secondary N) is 1. The summed E-state index contributed by atoms with van der Waals surface area (Å²) >= 11 is 0. The molecule has 0 radical (unpaired) electrons. The number of rotatable bonds is 3. The third-order valence-corrected chi connectivity index (χ3v) is 3.81. The number of carbonyl (C=O) groups is 1. The van der Waals surface area contributed by atoms with Crippen molar-refractivity contribution in [2.24, 2.45) is 0 Å². The fraction of sp³-hybridized carbons (Fsp3) is 0.235. The molecule has 3 nitrogen and oxygen atoms in total. The van der Waals surface area contributed by atoms with E-state index in [-0.39, 0.29) is 11.9 Å². The van der Waals surface area contributed by atoms with Crippen LogP contribution in [0.5, 0.6) is 0 Å². The zero-order valence-electron chi connectivity index (χ0n) is 11.3. The first-order chi connectivity index (χ1) is 9.72. The first kappa shape index (κ1) is 12.7. The van der Waals surface area contributed by atoms with E-state index in [0.29, 0.717) is 6.42 Å². The highest BCUT2D eigenvalue weighted by molar-refractivity contribution is 5.79. The Labute approximate surface area is 118 Å². The van der Waals surface area contributed by atoms with Gasteiger partial charge in [0.25, 0.3) is 0 Å². The van der Waals surface area contributed by atoms with E-state index in [4.69, 9.17) is 5.73 Å². The molecule has 2 aromatic rings. The van der Waals surface area contributed by atoms with Gasteiger partial charge in [0.05, 0.1) is 12.5 Å². The minimum absolute atomic E-state index is 0.0662. The van der Waals surface area contributed by atoms with E-state index in [1.165, 1.54) is 11.1 Å². The number of nitrogen functional groups attached to an aromatic ring is 1. The van der Waals surface area contributed by atoms with Crippen LogP contribution in [0, 0.1) is 0 Å². The van der Waals surface area contributed by atoms with Crippen molar-refractivity contribution in [2.75, 3.05) is 5.73 Å². The number of amides is 1. The smallest absolute Gasteiger partial charge is 0.224 e. The maximum absolute atomic E-state index is 12.1. The summed E-state index contributed by atoms with van der Waals surface area (Å²) in [5.41, 5.74) is 9.97. The molecule has 0 aromatic heterocycles. The Bertz CT molecular complexity index is 619. The van der Waals surface area contributed by atoms with Crippen molar-refractivity contribution in [3.8, 4) is 0 Å². The Kier molecular flexibility index (Phi) is 3.42. The maximum atomic E-state index is 12.1. The molecule has 0 spiro atoms. The summed E-state index contributed by atoms with van der Waals surface area (Å²) in [6.07, 6.45) is 2.44. The Morgan fingerprint density at radius 2 is 1.90 bits per heavy atom. The highest BCUT2D eigenvalue weighted by Crippen LogP contribution is 2.30. The third kappa shape index (κ3) is 2.67. The molecular weight excluding hydrogens is 248 g/mol. The van der Waals surface area contributed by atoms with Crippen LogP contribution in [0.1, 0.15) is 29.2 Å². The molecule has 0 aliphatic heterocycles. The van der Waals surface area contributed by atoms with E-state index in [9.17, 15) is 4.79 Å². The van der Waals surface area contributed by atoms with Gasteiger partial charge < -0.3 is 11.1 Å². The van der Waals surface area contributed by atoms with Crippen molar-refractivity contribution in [3.63, 3.8) is 0 Å². The molecule has 0 bridgehead atoms. The van der Waals surface area contributed by atoms with Crippen molar-refractivity contribution < 1.29 is 4.79 Å². The summed E-state index contributed by atoms with van der Waals surface area (Å²) in [7, 11) is 0. The van der Waals surface area contributed by atoms with Crippen molar-refractivity contribution in [2.45, 2.75) is 25.3 Å². The molecule has 102 valence electrons. The molecule has 3 N–H and O–H groups in total. The fourth-order valence-corrected chi connectivity index (χ4v) is 2.77. The molecule has 0 saturated carbocycles. The molecule has 0 fully saturated rings. The summed E-state index contributed by atoms with van der Waals surface area (Å²) < 4.78 is 0. The molecule has 1 atom stereocenters. The lowest BCUT2D eigenvalue weighted by molar-refractivity contribution is -0.121. The van der Waals surface area contributed by atoms with Crippen LogP contribution in [-0.4, -0.2) is 5.91 Å². The second-order valence-corrected chi connectivity index (χ2v) is 5.28. The zero-order valence-corrected chi connectivity index (χ0v) is 11.3. The van der Waals surface area contributed by atoms with Crippen LogP contribution in [0.15, 0.2) is 48.5 Å². The van der Waals surface area contributed by atoms with Crippen LogP contribution >= 0.6 is 0 Å². The van der Waals surface area contributed by atoms with Crippen LogP contribution in [0.4, 0.5) is 5.69 Å². The molecule has 1 aliphatic carbocycles. The van der Waals surface area contributed by atoms with Gasteiger partial charge in [-0.15, -0.1) is 0 Å². The quantitative estimate of drug-likeness (QED) is 0.839. The zero-order chi connectivity index (χ0) is 13.9. The van der Waals surface area contributed by atoms with Gasteiger partial charge in [0.15, 0.2) is 0 Å². The van der Waals surface area contributed by atoms with Gasteiger partial charge in [-0.3, -0.25) is 4.79 Å². The topological polar surface area (TPSA) is 55.1 Å². The summed E-state index contributed by atoms with van der Waals surface area (Å²) in [5.74, 6) is 0.0662. The van der Waals surface area contributed by atoms with Crippen LogP contribution in [0.2, 0.25) is 0 Å². The third-order valence-electron chi connectivity index (χ3n) is 3.81. The van der Waals surface area contributed by atoms with Crippen LogP contribution in [0.3, 0.4) is 0 Å². The number of fused-ring (bicyclic) bond motifs is 1. The molecule has 0 saturated heterocycles. The lowest BCUT2D eigenvalue weighted by Crippen LogP contribution is -2.28. The molecule has 0 heterocycles. The summed E-state index contributed by atoms with van der Waals surface area (Å²) in [6, 6.07) is 15.9. The first-order valence-corrected chi connectivity index (χ1v) is 6.94. The molecule has 3 heteroatoms. The molecule has 1 aliphatic rings. The van der Waals surface area contributed by atoms with Gasteiger partial charge in [0.1, 0.15) is 0 Å². The minimum Gasteiger partial charge on any atom is -0.399 e. The van der Waals surface area contributed by atoms with E-state index in [0.717, 1.165) is 24.1 Å². The largest absolute Gasteiger partial charge is 0.399 e. The average molecular weight is 266 g/mol. The van der Waals surface area contributed by atoms with Gasteiger partial charge in [-0.25, -0.2) is 0 Å². The number of hydrogen-bond acceptors (Lipinski definition) is 2. The fourth-order valence-electron chi connectivity index (χ4n) is 2.77. The van der Waals surface area contributed by atoms with Crippen LogP contribution in [-0.2, 0) is 17.6 Å². The normalized spacial score (nSPS) is 16.7. The molecule has 3 rings (SSSR count). The van der Waals surface area contributed by atoms with Gasteiger partial charge in [0.2, 0.25) is 5.91 Å². The van der Waals surface area contributed by atoms with E-state index in [1.807, 2.05) is 30.3 Å². The Hall–Kier alpha value is -2.29. The molecule has 20 heavy (non-hydrogen) atoms.